The van der Waals surface area contributed by atoms with Crippen molar-refractivity contribution in [3.63, 3.8) is 0 Å². The van der Waals surface area contributed by atoms with Crippen LogP contribution in [0.1, 0.15) is 49.4 Å². The van der Waals surface area contributed by atoms with Crippen molar-refractivity contribution in [1.29, 1.82) is 0 Å². The van der Waals surface area contributed by atoms with Crippen LogP contribution in [0, 0.1) is 0 Å². The minimum atomic E-state index is 0.119. The molecule has 1 aromatic carbocycles. The van der Waals surface area contributed by atoms with Crippen LogP contribution < -0.4 is 4.74 Å². The Labute approximate surface area is 108 Å². The first kappa shape index (κ1) is 14.0. The van der Waals surface area contributed by atoms with Gasteiger partial charge < -0.3 is 4.74 Å². The molecule has 0 amide bonds. The number of benzene rings is 1. The van der Waals surface area contributed by atoms with Crippen molar-refractivity contribution in [2.24, 2.45) is 0 Å². The molecule has 0 aliphatic rings. The molecule has 0 heterocycles. The van der Waals surface area contributed by atoms with Gasteiger partial charge in [0.1, 0.15) is 5.75 Å². The largest absolute Gasteiger partial charge is 0.497 e. The molecule has 0 fully saturated rings. The van der Waals surface area contributed by atoms with Crippen molar-refractivity contribution in [3.05, 3.63) is 28.8 Å². The molecule has 0 aliphatic carbocycles. The monoisotopic (exact) mass is 254 g/mol. The van der Waals surface area contributed by atoms with E-state index in [2.05, 4.69) is 6.92 Å². The summed E-state index contributed by atoms with van der Waals surface area (Å²) in [5, 5.41) is 0.477. The van der Waals surface area contributed by atoms with Crippen molar-refractivity contribution < 1.29 is 9.53 Å². The minimum absolute atomic E-state index is 0.119. The minimum Gasteiger partial charge on any atom is -0.497 e. The smallest absolute Gasteiger partial charge is 0.164 e. The molecule has 0 saturated carbocycles. The average Bonchev–Trinajstić information content (AvgIpc) is 2.34. The number of halogens is 1. The van der Waals surface area contributed by atoms with Gasteiger partial charge >= 0.3 is 0 Å². The molecule has 3 heteroatoms. The van der Waals surface area contributed by atoms with Crippen LogP contribution in [0.15, 0.2) is 18.2 Å². The van der Waals surface area contributed by atoms with Crippen LogP contribution in [0.5, 0.6) is 5.75 Å². The molecule has 0 bridgehead atoms. The fourth-order valence-electron chi connectivity index (χ4n) is 1.70. The van der Waals surface area contributed by atoms with E-state index < -0.39 is 0 Å². The third-order valence-electron chi connectivity index (χ3n) is 2.73. The maximum Gasteiger partial charge on any atom is 0.164 e. The molecule has 1 aromatic rings. The average molecular weight is 255 g/mol. The molecular formula is C14H19ClO2. The zero-order chi connectivity index (χ0) is 12.7. The van der Waals surface area contributed by atoms with E-state index in [0.717, 1.165) is 12.8 Å². The Bertz CT molecular complexity index is 374. The molecule has 0 unspecified atom stereocenters. The molecule has 0 radical (unpaired) electrons. The third kappa shape index (κ3) is 4.39. The number of hydrogen-bond acceptors (Lipinski definition) is 2. The predicted molar refractivity (Wildman–Crippen MR) is 71.1 cm³/mol. The lowest BCUT2D eigenvalue weighted by atomic mass is 10.0. The fourth-order valence-corrected chi connectivity index (χ4v) is 1.97. The number of methoxy groups -OCH3 is 1. The maximum atomic E-state index is 11.9. The highest BCUT2D eigenvalue weighted by Crippen LogP contribution is 2.24. The topological polar surface area (TPSA) is 26.3 Å². The highest BCUT2D eigenvalue weighted by molar-refractivity contribution is 6.34. The van der Waals surface area contributed by atoms with Crippen LogP contribution in [0.2, 0.25) is 5.02 Å². The summed E-state index contributed by atoms with van der Waals surface area (Å²) in [5.41, 5.74) is 0.601. The van der Waals surface area contributed by atoms with Crippen LogP contribution >= 0.6 is 11.6 Å². The molecule has 2 nitrogen and oxygen atoms in total. The van der Waals surface area contributed by atoms with Gasteiger partial charge in [-0.3, -0.25) is 4.79 Å². The number of hydrogen-bond donors (Lipinski definition) is 0. The maximum absolute atomic E-state index is 11.9. The van der Waals surface area contributed by atoms with Gasteiger partial charge in [-0.25, -0.2) is 0 Å². The predicted octanol–water partition coefficient (Wildman–Crippen LogP) is 4.50. The zero-order valence-electron chi connectivity index (χ0n) is 10.5. The summed E-state index contributed by atoms with van der Waals surface area (Å²) in [4.78, 5) is 11.9. The van der Waals surface area contributed by atoms with E-state index >= 15 is 0 Å². The van der Waals surface area contributed by atoms with Gasteiger partial charge in [0.25, 0.3) is 0 Å². The lowest BCUT2D eigenvalue weighted by molar-refractivity contribution is 0.0979. The fraction of sp³-hybridized carbons (Fsp3) is 0.500. The Kier molecular flexibility index (Phi) is 6.06. The van der Waals surface area contributed by atoms with Crippen LogP contribution in [-0.2, 0) is 0 Å². The number of ether oxygens (including phenoxy) is 1. The van der Waals surface area contributed by atoms with E-state index in [9.17, 15) is 4.79 Å². The van der Waals surface area contributed by atoms with Gasteiger partial charge in [-0.1, -0.05) is 37.8 Å². The number of unbranched alkanes of at least 4 members (excludes halogenated alkanes) is 3. The standard InChI is InChI=1S/C14H19ClO2/c1-3-4-5-6-7-14(16)12-9-8-11(17-2)10-13(12)15/h8-10H,3-7H2,1-2H3. The first-order chi connectivity index (χ1) is 8.19. The quantitative estimate of drug-likeness (QED) is 0.529. The summed E-state index contributed by atoms with van der Waals surface area (Å²) in [6.07, 6.45) is 4.98. The zero-order valence-corrected chi connectivity index (χ0v) is 11.2. The first-order valence-corrected chi connectivity index (χ1v) is 6.43. The van der Waals surface area contributed by atoms with Gasteiger partial charge in [0.15, 0.2) is 5.78 Å². The van der Waals surface area contributed by atoms with Crippen LogP contribution in [-0.4, -0.2) is 12.9 Å². The summed E-state index contributed by atoms with van der Waals surface area (Å²) >= 11 is 6.04. The number of ketones is 1. The van der Waals surface area contributed by atoms with Gasteiger partial charge in [0.05, 0.1) is 12.1 Å². The Morgan fingerprint density at radius 3 is 2.65 bits per heavy atom. The SMILES string of the molecule is CCCCCCC(=O)c1ccc(OC)cc1Cl. The van der Waals surface area contributed by atoms with Crippen LogP contribution in [0.4, 0.5) is 0 Å². The first-order valence-electron chi connectivity index (χ1n) is 6.05. The van der Waals surface area contributed by atoms with Gasteiger partial charge in [-0.15, -0.1) is 0 Å². The molecule has 0 spiro atoms. The van der Waals surface area contributed by atoms with E-state index in [1.807, 2.05) is 0 Å². The van der Waals surface area contributed by atoms with Crippen molar-refractivity contribution in [2.45, 2.75) is 39.0 Å². The lowest BCUT2D eigenvalue weighted by Gasteiger charge is -2.05. The van der Waals surface area contributed by atoms with Crippen molar-refractivity contribution in [2.75, 3.05) is 7.11 Å². The van der Waals surface area contributed by atoms with E-state index in [0.29, 0.717) is 22.8 Å². The summed E-state index contributed by atoms with van der Waals surface area (Å²) in [6, 6.07) is 5.19. The van der Waals surface area contributed by atoms with Crippen molar-refractivity contribution in [1.82, 2.24) is 0 Å². The van der Waals surface area contributed by atoms with E-state index in [1.165, 1.54) is 12.8 Å². The molecule has 0 aromatic heterocycles. The molecule has 17 heavy (non-hydrogen) atoms. The van der Waals surface area contributed by atoms with E-state index in [-0.39, 0.29) is 5.78 Å². The molecule has 1 rings (SSSR count). The van der Waals surface area contributed by atoms with Gasteiger partial charge in [-0.2, -0.15) is 0 Å². The van der Waals surface area contributed by atoms with Crippen LogP contribution in [0.25, 0.3) is 0 Å². The lowest BCUT2D eigenvalue weighted by Crippen LogP contribution is -2.00. The van der Waals surface area contributed by atoms with Crippen molar-refractivity contribution in [3.8, 4) is 5.75 Å². The second-order valence-corrected chi connectivity index (χ2v) is 4.49. The number of Topliss-reactive ketones (excluding diaryl/α,β-unsaturated/α-hetero) is 1. The molecular weight excluding hydrogens is 236 g/mol. The Balaban J connectivity index is 2.57. The van der Waals surface area contributed by atoms with Crippen LogP contribution in [0.3, 0.4) is 0 Å². The molecule has 0 saturated heterocycles. The molecule has 94 valence electrons. The second kappa shape index (κ2) is 7.33. The number of carbonyl (C=O) groups is 1. The number of rotatable bonds is 7. The van der Waals surface area contributed by atoms with E-state index in [4.69, 9.17) is 16.3 Å². The molecule has 0 N–H and O–H groups in total. The summed E-state index contributed by atoms with van der Waals surface area (Å²) in [5.74, 6) is 0.797. The normalized spacial score (nSPS) is 10.3. The second-order valence-electron chi connectivity index (χ2n) is 4.08. The highest BCUT2D eigenvalue weighted by atomic mass is 35.5. The van der Waals surface area contributed by atoms with Crippen molar-refractivity contribution >= 4 is 17.4 Å². The van der Waals surface area contributed by atoms with E-state index in [1.54, 1.807) is 25.3 Å². The highest BCUT2D eigenvalue weighted by Gasteiger charge is 2.10. The summed E-state index contributed by atoms with van der Waals surface area (Å²) in [7, 11) is 1.58. The van der Waals surface area contributed by atoms with Gasteiger partial charge in [-0.05, 0) is 24.6 Å². The molecule has 0 atom stereocenters. The Hall–Kier alpha value is -1.02. The van der Waals surface area contributed by atoms with Gasteiger partial charge in [0.2, 0.25) is 0 Å². The van der Waals surface area contributed by atoms with Gasteiger partial charge in [0, 0.05) is 12.0 Å². The Morgan fingerprint density at radius 2 is 2.06 bits per heavy atom. The summed E-state index contributed by atoms with van der Waals surface area (Å²) < 4.78 is 5.05. The summed E-state index contributed by atoms with van der Waals surface area (Å²) in [6.45, 7) is 2.15. The third-order valence-corrected chi connectivity index (χ3v) is 3.05. The Morgan fingerprint density at radius 1 is 1.29 bits per heavy atom. The number of carbonyl (C=O) groups excluding carboxylic acids is 1. The molecule has 0 aliphatic heterocycles.